The van der Waals surface area contributed by atoms with Crippen molar-refractivity contribution in [2.75, 3.05) is 4.72 Å². The summed E-state index contributed by atoms with van der Waals surface area (Å²) in [6, 6.07) is 9.04. The highest BCUT2D eigenvalue weighted by Crippen LogP contribution is 2.33. The fourth-order valence-electron chi connectivity index (χ4n) is 2.69. The Morgan fingerprint density at radius 1 is 1.11 bits per heavy atom. The Hall–Kier alpha value is -2.88. The normalized spacial score (nSPS) is 12.2. The predicted molar refractivity (Wildman–Crippen MR) is 97.3 cm³/mol. The first-order chi connectivity index (χ1) is 13.1. The molecule has 0 radical (unpaired) electrons. The average Bonchev–Trinajstić information content (AvgIpc) is 2.93. The summed E-state index contributed by atoms with van der Waals surface area (Å²) in [6.07, 6.45) is -3.32. The van der Waals surface area contributed by atoms with Gasteiger partial charge in [0.2, 0.25) is 0 Å². The number of sulfonamides is 1. The van der Waals surface area contributed by atoms with Crippen molar-refractivity contribution in [3.8, 4) is 0 Å². The molecule has 0 aliphatic carbocycles. The molecule has 0 aliphatic rings. The second-order valence-electron chi connectivity index (χ2n) is 6.23. The molecule has 28 heavy (non-hydrogen) atoms. The van der Waals surface area contributed by atoms with Crippen LogP contribution in [0.4, 0.5) is 18.9 Å². The Labute approximate surface area is 160 Å². The van der Waals surface area contributed by atoms with Gasteiger partial charge in [-0.2, -0.15) is 26.7 Å². The zero-order valence-electron chi connectivity index (χ0n) is 15.0. The number of benzene rings is 1. The molecule has 0 unspecified atom stereocenters. The molecule has 3 aromatic rings. The molecule has 0 fully saturated rings. The predicted octanol–water partition coefficient (Wildman–Crippen LogP) is 3.76. The van der Waals surface area contributed by atoms with E-state index >= 15 is 0 Å². The fraction of sp³-hybridized carbons (Fsp3) is 0.222. The van der Waals surface area contributed by atoms with Crippen LogP contribution in [0.3, 0.4) is 0 Å². The minimum Gasteiger partial charge on any atom is -0.278 e. The van der Waals surface area contributed by atoms with Crippen LogP contribution in [0, 0.1) is 13.8 Å². The number of hydrogen-bond donors (Lipinski definition) is 1. The summed E-state index contributed by atoms with van der Waals surface area (Å²) in [5.74, 6) is 0. The van der Waals surface area contributed by atoms with Crippen molar-refractivity contribution in [2.45, 2.75) is 31.6 Å². The fourth-order valence-corrected chi connectivity index (χ4v) is 3.73. The molecule has 1 aromatic carbocycles. The highest BCUT2D eigenvalue weighted by molar-refractivity contribution is 7.92. The number of aromatic nitrogens is 3. The molecule has 0 saturated heterocycles. The smallest absolute Gasteiger partial charge is 0.278 e. The summed E-state index contributed by atoms with van der Waals surface area (Å²) in [5, 5.41) is 3.99. The molecule has 0 atom stereocenters. The molecule has 0 bridgehead atoms. The summed E-state index contributed by atoms with van der Waals surface area (Å²) < 4.78 is 68.4. The second kappa shape index (κ2) is 7.27. The lowest BCUT2D eigenvalue weighted by molar-refractivity contribution is -0.137. The van der Waals surface area contributed by atoms with Crippen LogP contribution in [0.25, 0.3) is 0 Å². The molecular formula is C18H17F3N4O2S. The lowest BCUT2D eigenvalue weighted by atomic mass is 10.1. The topological polar surface area (TPSA) is 76.9 Å². The van der Waals surface area contributed by atoms with Gasteiger partial charge in [-0.15, -0.1) is 0 Å². The maximum Gasteiger partial charge on any atom is 0.416 e. The summed E-state index contributed by atoms with van der Waals surface area (Å²) in [7, 11) is -4.15. The highest BCUT2D eigenvalue weighted by Gasteiger charge is 2.31. The number of hydrogen-bond acceptors (Lipinski definition) is 4. The molecule has 6 nitrogen and oxygen atoms in total. The molecule has 0 amide bonds. The van der Waals surface area contributed by atoms with Crippen molar-refractivity contribution in [1.29, 1.82) is 0 Å². The number of aryl methyl sites for hydroxylation is 2. The monoisotopic (exact) mass is 410 g/mol. The van der Waals surface area contributed by atoms with Gasteiger partial charge in [0.05, 0.1) is 23.5 Å². The quantitative estimate of drug-likeness (QED) is 0.695. The molecule has 0 saturated carbocycles. The third-order valence-corrected chi connectivity index (χ3v) is 5.30. The Morgan fingerprint density at radius 2 is 1.86 bits per heavy atom. The number of alkyl halides is 3. The molecule has 0 aliphatic heterocycles. The molecule has 10 heteroatoms. The third kappa shape index (κ3) is 4.33. The van der Waals surface area contributed by atoms with Crippen LogP contribution < -0.4 is 4.72 Å². The van der Waals surface area contributed by atoms with E-state index in [1.165, 1.54) is 30.5 Å². The SMILES string of the molecule is Cc1cc(C)n(Cc2ccc(C(F)(F)F)cc2NS(=O)(=O)c2ccccn2)n1. The van der Waals surface area contributed by atoms with Gasteiger partial charge in [-0.3, -0.25) is 9.40 Å². The number of pyridine rings is 1. The number of halogens is 3. The van der Waals surface area contributed by atoms with Crippen LogP contribution >= 0.6 is 0 Å². The summed E-state index contributed by atoms with van der Waals surface area (Å²) >= 11 is 0. The van der Waals surface area contributed by atoms with Crippen molar-refractivity contribution in [3.63, 3.8) is 0 Å². The van der Waals surface area contributed by atoms with Gasteiger partial charge in [-0.1, -0.05) is 12.1 Å². The van der Waals surface area contributed by atoms with Gasteiger partial charge in [0.25, 0.3) is 10.0 Å². The lowest BCUT2D eigenvalue weighted by Crippen LogP contribution is -2.17. The Kier molecular flexibility index (Phi) is 5.16. The number of rotatable bonds is 5. The Bertz CT molecular complexity index is 1090. The van der Waals surface area contributed by atoms with E-state index in [9.17, 15) is 21.6 Å². The van der Waals surface area contributed by atoms with Crippen molar-refractivity contribution < 1.29 is 21.6 Å². The molecule has 2 aromatic heterocycles. The van der Waals surface area contributed by atoms with Crippen LogP contribution in [0.1, 0.15) is 22.5 Å². The van der Waals surface area contributed by atoms with Gasteiger partial charge in [0.15, 0.2) is 5.03 Å². The van der Waals surface area contributed by atoms with Crippen LogP contribution in [0.5, 0.6) is 0 Å². The number of nitrogens with zero attached hydrogens (tertiary/aromatic N) is 3. The molecule has 1 N–H and O–H groups in total. The average molecular weight is 410 g/mol. The van der Waals surface area contributed by atoms with Crippen LogP contribution in [0.2, 0.25) is 0 Å². The number of nitrogens with one attached hydrogen (secondary N) is 1. The van der Waals surface area contributed by atoms with E-state index in [2.05, 4.69) is 14.8 Å². The summed E-state index contributed by atoms with van der Waals surface area (Å²) in [6.45, 7) is 3.71. The first kappa shape index (κ1) is 19.9. The molecule has 2 heterocycles. The third-order valence-electron chi connectivity index (χ3n) is 4.02. The molecule has 148 valence electrons. The van der Waals surface area contributed by atoms with Gasteiger partial charge >= 0.3 is 6.18 Å². The van der Waals surface area contributed by atoms with E-state index in [1.807, 2.05) is 13.0 Å². The maximum absolute atomic E-state index is 13.1. The van der Waals surface area contributed by atoms with Crippen LogP contribution in [-0.2, 0) is 22.7 Å². The first-order valence-corrected chi connectivity index (χ1v) is 9.69. The van der Waals surface area contributed by atoms with Gasteiger partial charge in [-0.05, 0) is 49.7 Å². The van der Waals surface area contributed by atoms with Gasteiger partial charge in [0, 0.05) is 11.9 Å². The molecule has 3 rings (SSSR count). The lowest BCUT2D eigenvalue weighted by Gasteiger charge is -2.16. The van der Waals surface area contributed by atoms with E-state index in [4.69, 9.17) is 0 Å². The van der Waals surface area contributed by atoms with Gasteiger partial charge in [0.1, 0.15) is 0 Å². The maximum atomic E-state index is 13.1. The first-order valence-electron chi connectivity index (χ1n) is 8.21. The van der Waals surface area contributed by atoms with Crippen molar-refractivity contribution in [3.05, 3.63) is 71.2 Å². The van der Waals surface area contributed by atoms with Crippen molar-refractivity contribution in [2.24, 2.45) is 0 Å². The van der Waals surface area contributed by atoms with E-state index in [1.54, 1.807) is 11.6 Å². The zero-order valence-corrected chi connectivity index (χ0v) is 15.8. The summed E-state index contributed by atoms with van der Waals surface area (Å²) in [4.78, 5) is 3.76. The second-order valence-corrected chi connectivity index (χ2v) is 7.86. The standard InChI is InChI=1S/C18H17F3N4O2S/c1-12-9-13(2)25(23-12)11-14-6-7-15(18(19,20)21)10-16(14)24-28(26,27)17-5-3-4-8-22-17/h3-10,24H,11H2,1-2H3. The minimum absolute atomic E-state index is 0.109. The Morgan fingerprint density at radius 3 is 2.43 bits per heavy atom. The Balaban J connectivity index is 2.04. The molecule has 0 spiro atoms. The van der Waals surface area contributed by atoms with Crippen LogP contribution in [-0.4, -0.2) is 23.2 Å². The zero-order chi connectivity index (χ0) is 20.5. The highest BCUT2D eigenvalue weighted by atomic mass is 32.2. The number of anilines is 1. The van der Waals surface area contributed by atoms with Crippen molar-refractivity contribution in [1.82, 2.24) is 14.8 Å². The van der Waals surface area contributed by atoms with E-state index in [0.29, 0.717) is 5.56 Å². The van der Waals surface area contributed by atoms with Gasteiger partial charge in [-0.25, -0.2) is 4.98 Å². The van der Waals surface area contributed by atoms with E-state index in [0.717, 1.165) is 23.5 Å². The molecular weight excluding hydrogens is 393 g/mol. The summed E-state index contributed by atoms with van der Waals surface area (Å²) in [5.41, 5.74) is 0.769. The minimum atomic E-state index is -4.61. The van der Waals surface area contributed by atoms with E-state index < -0.39 is 21.8 Å². The largest absolute Gasteiger partial charge is 0.416 e. The van der Waals surface area contributed by atoms with E-state index in [-0.39, 0.29) is 17.3 Å². The van der Waals surface area contributed by atoms with Gasteiger partial charge < -0.3 is 0 Å². The van der Waals surface area contributed by atoms with Crippen LogP contribution in [0.15, 0.2) is 53.7 Å². The van der Waals surface area contributed by atoms with Crippen molar-refractivity contribution >= 4 is 15.7 Å².